The SMILES string of the molecule is C[C@@H]1CCCCO[C@H](CN(C)S(=O)(=O)c2ccc(F)cc2)[C@@H](C)CN([C@@H](C)CO)C(=O)c2cc(NC(=O)C3CCCCC3)ccc2O1. The number of halogens is 1. The Kier molecular flexibility index (Phi) is 13.2. The molecule has 12 heteroatoms. The molecule has 4 rings (SSSR count). The predicted octanol–water partition coefficient (Wildman–Crippen LogP) is 5.46. The van der Waals surface area contributed by atoms with E-state index in [2.05, 4.69) is 5.32 Å². The fraction of sp³-hybridized carbons (Fsp3) is 0.600. The van der Waals surface area contributed by atoms with Gasteiger partial charge in [0.1, 0.15) is 11.6 Å². The van der Waals surface area contributed by atoms with Crippen molar-refractivity contribution in [3.8, 4) is 5.75 Å². The summed E-state index contributed by atoms with van der Waals surface area (Å²) >= 11 is 0. The molecule has 0 spiro atoms. The number of carbonyl (C=O) groups is 2. The maximum atomic E-state index is 14.3. The Labute approximate surface area is 278 Å². The Balaban J connectivity index is 1.62. The fourth-order valence-corrected chi connectivity index (χ4v) is 7.39. The Morgan fingerprint density at radius 1 is 1.06 bits per heavy atom. The third kappa shape index (κ3) is 9.74. The molecule has 1 aliphatic heterocycles. The zero-order valence-electron chi connectivity index (χ0n) is 28.0. The second kappa shape index (κ2) is 16.9. The van der Waals surface area contributed by atoms with Crippen LogP contribution in [0, 0.1) is 17.7 Å². The van der Waals surface area contributed by atoms with Gasteiger partial charge in [0, 0.05) is 44.3 Å². The van der Waals surface area contributed by atoms with Crippen molar-refractivity contribution < 1.29 is 37.0 Å². The van der Waals surface area contributed by atoms with E-state index in [-0.39, 0.29) is 59.9 Å². The zero-order chi connectivity index (χ0) is 34.1. The second-order valence-electron chi connectivity index (χ2n) is 13.1. The van der Waals surface area contributed by atoms with Crippen LogP contribution in [0.25, 0.3) is 0 Å². The third-order valence-corrected chi connectivity index (χ3v) is 11.1. The fourth-order valence-electron chi connectivity index (χ4n) is 6.21. The minimum atomic E-state index is -3.94. The van der Waals surface area contributed by atoms with Crippen molar-refractivity contribution in [2.24, 2.45) is 11.8 Å². The van der Waals surface area contributed by atoms with Gasteiger partial charge in [-0.1, -0.05) is 26.2 Å². The van der Waals surface area contributed by atoms with Crippen molar-refractivity contribution in [2.45, 2.75) is 95.3 Å². The van der Waals surface area contributed by atoms with E-state index in [1.807, 2.05) is 13.8 Å². The highest BCUT2D eigenvalue weighted by Crippen LogP contribution is 2.30. The van der Waals surface area contributed by atoms with Crippen LogP contribution >= 0.6 is 0 Å². The summed E-state index contributed by atoms with van der Waals surface area (Å²) in [5.41, 5.74) is 0.778. The first kappa shape index (κ1) is 36.8. The van der Waals surface area contributed by atoms with Crippen molar-refractivity contribution in [1.29, 1.82) is 0 Å². The van der Waals surface area contributed by atoms with Crippen LogP contribution in [-0.2, 0) is 19.6 Å². The van der Waals surface area contributed by atoms with Crippen LogP contribution in [0.5, 0.6) is 5.75 Å². The molecule has 2 aromatic carbocycles. The number of anilines is 1. The first-order valence-electron chi connectivity index (χ1n) is 16.8. The molecule has 0 bridgehead atoms. The van der Waals surface area contributed by atoms with Gasteiger partial charge in [0.15, 0.2) is 0 Å². The van der Waals surface area contributed by atoms with Crippen molar-refractivity contribution >= 4 is 27.5 Å². The van der Waals surface area contributed by atoms with Gasteiger partial charge in [-0.05, 0) is 88.4 Å². The summed E-state index contributed by atoms with van der Waals surface area (Å²) in [5.74, 6) is -0.968. The summed E-state index contributed by atoms with van der Waals surface area (Å²) in [6.07, 6.45) is 6.29. The number of fused-ring (bicyclic) bond motifs is 1. The molecule has 2 aliphatic rings. The number of aliphatic hydroxyl groups excluding tert-OH is 1. The van der Waals surface area contributed by atoms with Gasteiger partial charge in [-0.3, -0.25) is 9.59 Å². The molecule has 0 unspecified atom stereocenters. The van der Waals surface area contributed by atoms with Gasteiger partial charge in [-0.15, -0.1) is 0 Å². The smallest absolute Gasteiger partial charge is 0.258 e. The Bertz CT molecular complexity index is 1450. The van der Waals surface area contributed by atoms with Gasteiger partial charge in [-0.2, -0.15) is 4.31 Å². The van der Waals surface area contributed by atoms with Crippen molar-refractivity contribution in [1.82, 2.24) is 9.21 Å². The molecule has 10 nitrogen and oxygen atoms in total. The average molecular weight is 676 g/mol. The number of nitrogens with zero attached hydrogens (tertiary/aromatic N) is 2. The standard InChI is InChI=1S/C35H50FN3O7S/c1-24-21-39(25(2)23-40)35(42)31-20-29(37-34(41)27-11-6-5-7-12-27)15-18-32(31)46-26(3)10-8-9-19-45-33(24)22-38(4)47(43,44)30-16-13-28(36)14-17-30/h13-18,20,24-27,33,40H,5-12,19,21-23H2,1-4H3,(H,37,41)/t24-,25-,26+,33+/m0/s1. The molecule has 0 aromatic heterocycles. The van der Waals surface area contributed by atoms with E-state index >= 15 is 0 Å². The molecular formula is C35H50FN3O7S. The molecular weight excluding hydrogens is 625 g/mol. The van der Waals surface area contributed by atoms with Crippen LogP contribution < -0.4 is 10.1 Å². The van der Waals surface area contributed by atoms with Crippen molar-refractivity contribution in [2.75, 3.05) is 38.7 Å². The molecule has 1 fully saturated rings. The summed E-state index contributed by atoms with van der Waals surface area (Å²) in [6, 6.07) is 9.22. The van der Waals surface area contributed by atoms with Crippen LogP contribution in [-0.4, -0.2) is 86.1 Å². The zero-order valence-corrected chi connectivity index (χ0v) is 28.8. The third-order valence-electron chi connectivity index (χ3n) is 9.25. The number of hydrogen-bond donors (Lipinski definition) is 2. The largest absolute Gasteiger partial charge is 0.490 e. The highest BCUT2D eigenvalue weighted by atomic mass is 32.2. The van der Waals surface area contributed by atoms with Crippen molar-refractivity contribution in [3.05, 3.63) is 53.8 Å². The molecule has 1 heterocycles. The van der Waals surface area contributed by atoms with E-state index in [0.717, 1.165) is 57.1 Å². The summed E-state index contributed by atoms with van der Waals surface area (Å²) in [7, 11) is -2.48. The van der Waals surface area contributed by atoms with E-state index < -0.39 is 28.0 Å². The minimum absolute atomic E-state index is 0.00383. The van der Waals surface area contributed by atoms with E-state index in [9.17, 15) is 27.5 Å². The summed E-state index contributed by atoms with van der Waals surface area (Å²) in [4.78, 5) is 28.9. The van der Waals surface area contributed by atoms with Gasteiger partial charge >= 0.3 is 0 Å². The molecule has 47 heavy (non-hydrogen) atoms. The number of nitrogens with one attached hydrogen (secondary N) is 1. The molecule has 4 atom stereocenters. The monoisotopic (exact) mass is 675 g/mol. The van der Waals surface area contributed by atoms with Crippen LogP contribution in [0.3, 0.4) is 0 Å². The van der Waals surface area contributed by atoms with Crippen molar-refractivity contribution in [3.63, 3.8) is 0 Å². The maximum absolute atomic E-state index is 14.3. The number of likely N-dealkylation sites (N-methyl/N-ethyl adjacent to an activating group) is 1. The summed E-state index contributed by atoms with van der Waals surface area (Å²) in [6.45, 7) is 5.82. The lowest BCUT2D eigenvalue weighted by Crippen LogP contribution is -2.48. The molecule has 0 radical (unpaired) electrons. The first-order chi connectivity index (χ1) is 22.4. The highest BCUT2D eigenvalue weighted by Gasteiger charge is 2.33. The second-order valence-corrected chi connectivity index (χ2v) is 15.1. The lowest BCUT2D eigenvalue weighted by atomic mass is 9.88. The summed E-state index contributed by atoms with van der Waals surface area (Å²) < 4.78 is 53.9. The quantitative estimate of drug-likeness (QED) is 0.381. The average Bonchev–Trinajstić information content (AvgIpc) is 3.06. The van der Waals surface area contributed by atoms with E-state index in [1.165, 1.54) is 23.5 Å². The minimum Gasteiger partial charge on any atom is -0.490 e. The number of aliphatic hydroxyl groups is 1. The van der Waals surface area contributed by atoms with E-state index in [4.69, 9.17) is 9.47 Å². The highest BCUT2D eigenvalue weighted by molar-refractivity contribution is 7.89. The Morgan fingerprint density at radius 3 is 2.43 bits per heavy atom. The van der Waals surface area contributed by atoms with Crippen LogP contribution in [0.2, 0.25) is 0 Å². The predicted molar refractivity (Wildman–Crippen MR) is 178 cm³/mol. The van der Waals surface area contributed by atoms with Gasteiger partial charge in [0.25, 0.3) is 5.91 Å². The number of amides is 2. The summed E-state index contributed by atoms with van der Waals surface area (Å²) in [5, 5.41) is 13.2. The number of hydrogen-bond acceptors (Lipinski definition) is 7. The van der Waals surface area contributed by atoms with Crippen LogP contribution in [0.4, 0.5) is 10.1 Å². The van der Waals surface area contributed by atoms with Gasteiger partial charge in [0.2, 0.25) is 15.9 Å². The molecule has 1 saturated carbocycles. The normalized spacial score (nSPS) is 23.0. The molecule has 2 aromatic rings. The van der Waals surface area contributed by atoms with Gasteiger partial charge in [-0.25, -0.2) is 12.8 Å². The number of sulfonamides is 1. The number of ether oxygens (including phenoxy) is 2. The molecule has 2 amide bonds. The van der Waals surface area contributed by atoms with E-state index in [0.29, 0.717) is 24.5 Å². The van der Waals surface area contributed by atoms with Gasteiger partial charge < -0.3 is 24.8 Å². The number of rotatable bonds is 8. The number of benzene rings is 2. The van der Waals surface area contributed by atoms with Crippen LogP contribution in [0.15, 0.2) is 47.4 Å². The topological polar surface area (TPSA) is 125 Å². The Hall–Kier alpha value is -3.06. The van der Waals surface area contributed by atoms with E-state index in [1.54, 1.807) is 30.0 Å². The van der Waals surface area contributed by atoms with Gasteiger partial charge in [0.05, 0.1) is 35.3 Å². The maximum Gasteiger partial charge on any atom is 0.258 e. The molecule has 2 N–H and O–H groups in total. The molecule has 1 aliphatic carbocycles. The Morgan fingerprint density at radius 2 is 1.74 bits per heavy atom. The number of carbonyl (C=O) groups excluding carboxylic acids is 2. The molecule has 0 saturated heterocycles. The lowest BCUT2D eigenvalue weighted by Gasteiger charge is -2.35. The lowest BCUT2D eigenvalue weighted by molar-refractivity contribution is -0.120. The molecule has 260 valence electrons. The first-order valence-corrected chi connectivity index (χ1v) is 18.2. The van der Waals surface area contributed by atoms with Crippen LogP contribution in [0.1, 0.15) is 82.5 Å².